The van der Waals surface area contributed by atoms with Gasteiger partial charge in [-0.15, -0.1) is 0 Å². The first-order chi connectivity index (χ1) is 6.62. The predicted molar refractivity (Wildman–Crippen MR) is 60.4 cm³/mol. The zero-order chi connectivity index (χ0) is 10.2. The summed E-state index contributed by atoms with van der Waals surface area (Å²) in [6, 6.07) is 0.821. The highest BCUT2D eigenvalue weighted by atomic mass is 15.2. The van der Waals surface area contributed by atoms with Crippen LogP contribution in [0.5, 0.6) is 0 Å². The van der Waals surface area contributed by atoms with Gasteiger partial charge in [0.1, 0.15) is 0 Å². The van der Waals surface area contributed by atoms with Gasteiger partial charge in [-0.1, -0.05) is 27.2 Å². The van der Waals surface area contributed by atoms with Gasteiger partial charge in [-0.25, -0.2) is 0 Å². The Balaban J connectivity index is 1.95. The molecule has 2 saturated heterocycles. The van der Waals surface area contributed by atoms with Crippen LogP contribution in [0.15, 0.2) is 0 Å². The van der Waals surface area contributed by atoms with E-state index in [0.29, 0.717) is 5.41 Å². The smallest absolute Gasteiger partial charge is 0.0261 e. The van der Waals surface area contributed by atoms with Gasteiger partial charge in [0.2, 0.25) is 0 Å². The molecule has 0 aliphatic carbocycles. The summed E-state index contributed by atoms with van der Waals surface area (Å²) in [5.74, 6) is 0.892. The molecule has 2 rings (SSSR count). The summed E-state index contributed by atoms with van der Waals surface area (Å²) in [6.45, 7) is 12.2. The lowest BCUT2D eigenvalue weighted by atomic mass is 9.93. The fourth-order valence-electron chi connectivity index (χ4n) is 3.00. The van der Waals surface area contributed by atoms with E-state index in [-0.39, 0.29) is 0 Å². The molecule has 2 fully saturated rings. The minimum Gasteiger partial charge on any atom is -0.315 e. The van der Waals surface area contributed by atoms with Crippen LogP contribution >= 0.6 is 0 Å². The highest BCUT2D eigenvalue weighted by molar-refractivity contribution is 4.93. The van der Waals surface area contributed by atoms with E-state index in [9.17, 15) is 0 Å². The molecule has 0 aromatic rings. The Morgan fingerprint density at radius 2 is 2.14 bits per heavy atom. The molecule has 0 aromatic heterocycles. The maximum Gasteiger partial charge on any atom is 0.0261 e. The third-order valence-electron chi connectivity index (χ3n) is 4.00. The first-order valence-corrected chi connectivity index (χ1v) is 6.07. The van der Waals surface area contributed by atoms with Crippen LogP contribution in [0, 0.1) is 11.3 Å². The Bertz CT molecular complexity index is 200. The van der Waals surface area contributed by atoms with Crippen LogP contribution in [0.3, 0.4) is 0 Å². The van der Waals surface area contributed by atoms with Crippen LogP contribution in [0.1, 0.15) is 33.6 Å². The number of hydrogen-bond donors (Lipinski definition) is 1. The molecular formula is C12H24N2. The fraction of sp³-hybridized carbons (Fsp3) is 1.00. The van der Waals surface area contributed by atoms with E-state index < -0.39 is 0 Å². The Hall–Kier alpha value is -0.0800. The largest absolute Gasteiger partial charge is 0.315 e. The summed E-state index contributed by atoms with van der Waals surface area (Å²) < 4.78 is 0. The Morgan fingerprint density at radius 3 is 2.71 bits per heavy atom. The molecule has 82 valence electrons. The minimum absolute atomic E-state index is 0.556. The number of likely N-dealkylation sites (tertiary alicyclic amines) is 1. The second-order valence-corrected chi connectivity index (χ2v) is 5.78. The van der Waals surface area contributed by atoms with Crippen molar-refractivity contribution in [2.24, 2.45) is 11.3 Å². The molecule has 14 heavy (non-hydrogen) atoms. The normalized spacial score (nSPS) is 37.9. The molecule has 2 unspecified atom stereocenters. The van der Waals surface area contributed by atoms with Crippen molar-refractivity contribution in [3.05, 3.63) is 0 Å². The average molecular weight is 196 g/mol. The van der Waals surface area contributed by atoms with E-state index in [1.165, 1.54) is 39.0 Å². The van der Waals surface area contributed by atoms with Crippen molar-refractivity contribution >= 4 is 0 Å². The lowest BCUT2D eigenvalue weighted by molar-refractivity contribution is 0.189. The van der Waals surface area contributed by atoms with Crippen LogP contribution in [0.2, 0.25) is 0 Å². The number of rotatable bonds is 2. The van der Waals surface area contributed by atoms with Gasteiger partial charge in [0.05, 0.1) is 0 Å². The SMILES string of the molecule is CCC1CNCC1N1CCC(C)(C)C1. The van der Waals surface area contributed by atoms with E-state index in [1.807, 2.05) is 0 Å². The molecule has 2 heteroatoms. The van der Waals surface area contributed by atoms with Gasteiger partial charge in [-0.2, -0.15) is 0 Å². The molecule has 0 aromatic carbocycles. The van der Waals surface area contributed by atoms with E-state index in [4.69, 9.17) is 0 Å². The van der Waals surface area contributed by atoms with Crippen molar-refractivity contribution in [2.75, 3.05) is 26.2 Å². The summed E-state index contributed by atoms with van der Waals surface area (Å²) in [6.07, 6.45) is 2.70. The highest BCUT2D eigenvalue weighted by Crippen LogP contribution is 2.32. The average Bonchev–Trinajstić information content (AvgIpc) is 2.70. The maximum atomic E-state index is 3.54. The van der Waals surface area contributed by atoms with Gasteiger partial charge in [0.15, 0.2) is 0 Å². The molecule has 2 aliphatic rings. The van der Waals surface area contributed by atoms with Crippen molar-refractivity contribution in [3.8, 4) is 0 Å². The summed E-state index contributed by atoms with van der Waals surface area (Å²) in [5.41, 5.74) is 0.556. The fourth-order valence-corrected chi connectivity index (χ4v) is 3.00. The number of hydrogen-bond acceptors (Lipinski definition) is 2. The first kappa shape index (κ1) is 10.4. The van der Waals surface area contributed by atoms with E-state index >= 15 is 0 Å². The van der Waals surface area contributed by atoms with E-state index in [2.05, 4.69) is 31.0 Å². The van der Waals surface area contributed by atoms with Crippen molar-refractivity contribution < 1.29 is 0 Å². The van der Waals surface area contributed by atoms with Crippen molar-refractivity contribution in [3.63, 3.8) is 0 Å². The van der Waals surface area contributed by atoms with Crippen LogP contribution in [-0.4, -0.2) is 37.1 Å². The maximum absolute atomic E-state index is 3.54. The van der Waals surface area contributed by atoms with Crippen molar-refractivity contribution in [1.82, 2.24) is 10.2 Å². The standard InChI is InChI=1S/C12H24N2/c1-4-10-7-13-8-11(10)14-6-5-12(2,3)9-14/h10-11,13H,4-9H2,1-3H3. The van der Waals surface area contributed by atoms with Crippen LogP contribution in [0.25, 0.3) is 0 Å². The van der Waals surface area contributed by atoms with Gasteiger partial charge in [0.25, 0.3) is 0 Å². The molecule has 2 heterocycles. The third kappa shape index (κ3) is 1.96. The number of nitrogens with zero attached hydrogens (tertiary/aromatic N) is 1. The van der Waals surface area contributed by atoms with E-state index in [0.717, 1.165) is 12.0 Å². The molecular weight excluding hydrogens is 172 g/mol. The molecule has 0 bridgehead atoms. The van der Waals surface area contributed by atoms with Crippen molar-refractivity contribution in [2.45, 2.75) is 39.7 Å². The first-order valence-electron chi connectivity index (χ1n) is 6.07. The topological polar surface area (TPSA) is 15.3 Å². The quantitative estimate of drug-likeness (QED) is 0.723. The zero-order valence-electron chi connectivity index (χ0n) is 9.84. The van der Waals surface area contributed by atoms with Gasteiger partial charge in [-0.05, 0) is 30.8 Å². The zero-order valence-corrected chi connectivity index (χ0v) is 9.84. The number of nitrogens with one attached hydrogen (secondary N) is 1. The van der Waals surface area contributed by atoms with Crippen LogP contribution in [-0.2, 0) is 0 Å². The summed E-state index contributed by atoms with van der Waals surface area (Å²) in [5, 5.41) is 3.54. The molecule has 2 nitrogen and oxygen atoms in total. The lowest BCUT2D eigenvalue weighted by Gasteiger charge is -2.29. The van der Waals surface area contributed by atoms with Gasteiger partial charge < -0.3 is 5.32 Å². The molecule has 0 amide bonds. The van der Waals surface area contributed by atoms with Gasteiger partial charge >= 0.3 is 0 Å². The summed E-state index contributed by atoms with van der Waals surface area (Å²) >= 11 is 0. The van der Waals surface area contributed by atoms with Gasteiger partial charge in [0, 0.05) is 19.1 Å². The van der Waals surface area contributed by atoms with E-state index in [1.54, 1.807) is 0 Å². The monoisotopic (exact) mass is 196 g/mol. The summed E-state index contributed by atoms with van der Waals surface area (Å²) in [4.78, 5) is 2.72. The Labute approximate surface area is 88.1 Å². The summed E-state index contributed by atoms with van der Waals surface area (Å²) in [7, 11) is 0. The second kappa shape index (κ2) is 3.82. The van der Waals surface area contributed by atoms with Crippen molar-refractivity contribution in [1.29, 1.82) is 0 Å². The second-order valence-electron chi connectivity index (χ2n) is 5.78. The van der Waals surface area contributed by atoms with Crippen LogP contribution < -0.4 is 5.32 Å². The molecule has 1 N–H and O–H groups in total. The Kier molecular flexibility index (Phi) is 2.85. The van der Waals surface area contributed by atoms with Gasteiger partial charge in [-0.3, -0.25) is 4.90 Å². The predicted octanol–water partition coefficient (Wildman–Crippen LogP) is 1.72. The Morgan fingerprint density at radius 1 is 1.36 bits per heavy atom. The molecule has 0 saturated carbocycles. The molecule has 2 aliphatic heterocycles. The highest BCUT2D eigenvalue weighted by Gasteiger charge is 2.37. The molecule has 2 atom stereocenters. The molecule has 0 spiro atoms. The molecule has 0 radical (unpaired) electrons. The minimum atomic E-state index is 0.556. The third-order valence-corrected chi connectivity index (χ3v) is 4.00. The van der Waals surface area contributed by atoms with Crippen LogP contribution in [0.4, 0.5) is 0 Å². The lowest BCUT2D eigenvalue weighted by Crippen LogP contribution is -2.39.